The van der Waals surface area contributed by atoms with Gasteiger partial charge in [0.15, 0.2) is 23.2 Å². The minimum atomic E-state index is -0.119. The number of ether oxygens (including phenoxy) is 1. The van der Waals surface area contributed by atoms with Crippen LogP contribution in [0.15, 0.2) is 24.5 Å². The third-order valence-corrected chi connectivity index (χ3v) is 8.24. The van der Waals surface area contributed by atoms with Gasteiger partial charge in [-0.3, -0.25) is 4.98 Å². The van der Waals surface area contributed by atoms with Crippen LogP contribution in [-0.4, -0.2) is 62.7 Å². The number of hydrogen-bond acceptors (Lipinski definition) is 8. The number of anilines is 3. The van der Waals surface area contributed by atoms with Gasteiger partial charge in [-0.1, -0.05) is 6.92 Å². The molecule has 0 saturated carbocycles. The lowest BCUT2D eigenvalue weighted by Gasteiger charge is -2.40. The Labute approximate surface area is 206 Å². The van der Waals surface area contributed by atoms with Crippen LogP contribution in [0.3, 0.4) is 0 Å². The quantitative estimate of drug-likeness (QED) is 0.590. The summed E-state index contributed by atoms with van der Waals surface area (Å²) in [5.41, 5.74) is 3.85. The first-order valence-electron chi connectivity index (χ1n) is 13.2. The zero-order valence-electron chi connectivity index (χ0n) is 20.6. The number of rotatable bonds is 5. The monoisotopic (exact) mass is 477 g/mol. The molecule has 9 nitrogen and oxygen atoms in total. The number of aromatic nitrogens is 5. The Morgan fingerprint density at radius 3 is 2.80 bits per heavy atom. The molecule has 0 radical (unpaired) electrons. The first-order valence-corrected chi connectivity index (χ1v) is 13.2. The summed E-state index contributed by atoms with van der Waals surface area (Å²) in [5, 5.41) is 15.0. The van der Waals surface area contributed by atoms with E-state index in [2.05, 4.69) is 27.8 Å². The predicted octanol–water partition coefficient (Wildman–Crippen LogP) is 3.99. The summed E-state index contributed by atoms with van der Waals surface area (Å²) in [4.78, 5) is 19.2. The molecular weight excluding hydrogens is 442 g/mol. The molecule has 0 spiro atoms. The van der Waals surface area contributed by atoms with Gasteiger partial charge < -0.3 is 19.6 Å². The Bertz CT molecular complexity index is 1180. The summed E-state index contributed by atoms with van der Waals surface area (Å²) in [5.74, 6) is 1.72. The van der Waals surface area contributed by atoms with Gasteiger partial charge in [-0.25, -0.2) is 14.6 Å². The topological polar surface area (TPSA) is 92.4 Å². The summed E-state index contributed by atoms with van der Waals surface area (Å²) >= 11 is 0. The van der Waals surface area contributed by atoms with E-state index in [1.807, 2.05) is 23.1 Å². The van der Waals surface area contributed by atoms with E-state index in [1.54, 1.807) is 0 Å². The molecule has 6 heterocycles. The fraction of sp³-hybridized carbons (Fsp3) is 0.615. The van der Waals surface area contributed by atoms with Crippen LogP contribution in [0, 0.1) is 5.41 Å². The molecule has 3 aromatic heterocycles. The zero-order chi connectivity index (χ0) is 23.8. The van der Waals surface area contributed by atoms with Crippen LogP contribution < -0.4 is 9.80 Å². The molecule has 0 amide bonds. The number of aryl methyl sites for hydroxylation is 1. The number of aliphatic hydroxyl groups excluding tert-OH is 1. The molecule has 2 saturated heterocycles. The molecule has 186 valence electrons. The fourth-order valence-electron chi connectivity index (χ4n) is 5.78. The molecular formula is C26H35N7O2. The van der Waals surface area contributed by atoms with Crippen LogP contribution >= 0.6 is 0 Å². The van der Waals surface area contributed by atoms with Crippen LogP contribution in [0.25, 0.3) is 11.2 Å². The molecule has 1 atom stereocenters. The Kier molecular flexibility index (Phi) is 6.06. The lowest BCUT2D eigenvalue weighted by Crippen LogP contribution is -2.42. The Morgan fingerprint density at radius 1 is 1.14 bits per heavy atom. The molecule has 2 fully saturated rings. The maximum absolute atomic E-state index is 9.94. The Morgan fingerprint density at radius 2 is 2.03 bits per heavy atom. The van der Waals surface area contributed by atoms with Crippen LogP contribution in [0.2, 0.25) is 0 Å². The molecule has 3 aliphatic heterocycles. The molecule has 6 rings (SSSR count). The van der Waals surface area contributed by atoms with Crippen LogP contribution in [0.5, 0.6) is 0 Å². The standard InChI is InChI=1S/C26H35N7O2/c1-2-26(18-34)10-14-31(15-11-26)21-17-28-23-24(29-21)33(22-9-3-4-16-35-22)30-25(23)32-13-6-7-19-20(32)8-5-12-27-19/h5,8,12,17,22,34H,2-4,6-7,9-11,13-16,18H2,1H3. The number of aliphatic hydroxyl groups is 1. The highest BCUT2D eigenvalue weighted by Gasteiger charge is 2.34. The van der Waals surface area contributed by atoms with Crippen molar-refractivity contribution in [3.8, 4) is 0 Å². The Balaban J connectivity index is 1.39. The van der Waals surface area contributed by atoms with E-state index >= 15 is 0 Å². The van der Waals surface area contributed by atoms with Gasteiger partial charge in [-0.2, -0.15) is 0 Å². The van der Waals surface area contributed by atoms with Crippen LogP contribution in [0.4, 0.5) is 17.3 Å². The van der Waals surface area contributed by atoms with Gasteiger partial charge in [0, 0.05) is 39.0 Å². The van der Waals surface area contributed by atoms with Crippen molar-refractivity contribution in [3.05, 3.63) is 30.2 Å². The van der Waals surface area contributed by atoms with Crippen LogP contribution in [0.1, 0.15) is 63.8 Å². The molecule has 3 aromatic rings. The van der Waals surface area contributed by atoms with Crippen molar-refractivity contribution >= 4 is 28.5 Å². The SMILES string of the molecule is CCC1(CO)CCN(c2cnc3c(N4CCCc5ncccc54)nn(C4CCCCO4)c3n2)CC1. The average Bonchev–Trinajstić information content (AvgIpc) is 3.32. The van der Waals surface area contributed by atoms with E-state index in [9.17, 15) is 5.11 Å². The highest BCUT2D eigenvalue weighted by atomic mass is 16.5. The zero-order valence-corrected chi connectivity index (χ0v) is 20.6. The van der Waals surface area contributed by atoms with Crippen molar-refractivity contribution in [3.63, 3.8) is 0 Å². The summed E-state index contributed by atoms with van der Waals surface area (Å²) in [6.07, 6.45) is 11.7. The highest BCUT2D eigenvalue weighted by molar-refractivity contribution is 5.88. The summed E-state index contributed by atoms with van der Waals surface area (Å²) in [6, 6.07) is 4.11. The second-order valence-electron chi connectivity index (χ2n) is 10.2. The smallest absolute Gasteiger partial charge is 0.183 e. The number of pyridine rings is 1. The van der Waals surface area contributed by atoms with Gasteiger partial charge in [0.05, 0.1) is 17.6 Å². The molecule has 0 aliphatic carbocycles. The second-order valence-corrected chi connectivity index (χ2v) is 10.2. The van der Waals surface area contributed by atoms with E-state index in [0.29, 0.717) is 0 Å². The van der Waals surface area contributed by atoms with E-state index in [-0.39, 0.29) is 18.2 Å². The van der Waals surface area contributed by atoms with Crippen molar-refractivity contribution in [1.29, 1.82) is 0 Å². The van der Waals surface area contributed by atoms with Crippen molar-refractivity contribution < 1.29 is 9.84 Å². The lowest BCUT2D eigenvalue weighted by molar-refractivity contribution is -0.0368. The average molecular weight is 478 g/mol. The fourth-order valence-corrected chi connectivity index (χ4v) is 5.78. The van der Waals surface area contributed by atoms with Gasteiger partial charge in [0.2, 0.25) is 0 Å². The van der Waals surface area contributed by atoms with E-state index < -0.39 is 0 Å². The van der Waals surface area contributed by atoms with Gasteiger partial charge in [0.25, 0.3) is 0 Å². The Hall–Kier alpha value is -2.78. The van der Waals surface area contributed by atoms with E-state index in [1.165, 1.54) is 0 Å². The largest absolute Gasteiger partial charge is 0.396 e. The van der Waals surface area contributed by atoms with Crippen molar-refractivity contribution in [2.75, 3.05) is 42.6 Å². The van der Waals surface area contributed by atoms with Crippen LogP contribution in [-0.2, 0) is 11.2 Å². The van der Waals surface area contributed by atoms with Crippen molar-refractivity contribution in [2.45, 2.75) is 64.5 Å². The van der Waals surface area contributed by atoms with Gasteiger partial charge in [-0.15, -0.1) is 5.10 Å². The summed E-state index contributed by atoms with van der Waals surface area (Å²) in [6.45, 7) is 5.81. The minimum absolute atomic E-state index is 0.0363. The summed E-state index contributed by atoms with van der Waals surface area (Å²) < 4.78 is 8.12. The third-order valence-electron chi connectivity index (χ3n) is 8.24. The minimum Gasteiger partial charge on any atom is -0.396 e. The molecule has 9 heteroatoms. The molecule has 0 bridgehead atoms. The maximum Gasteiger partial charge on any atom is 0.183 e. The van der Waals surface area contributed by atoms with Gasteiger partial charge in [-0.05, 0) is 68.9 Å². The van der Waals surface area contributed by atoms with Crippen molar-refractivity contribution in [1.82, 2.24) is 24.7 Å². The predicted molar refractivity (Wildman–Crippen MR) is 135 cm³/mol. The lowest BCUT2D eigenvalue weighted by atomic mass is 9.77. The number of hydrogen-bond donors (Lipinski definition) is 1. The van der Waals surface area contributed by atoms with Gasteiger partial charge in [0.1, 0.15) is 5.82 Å². The van der Waals surface area contributed by atoms with Crippen molar-refractivity contribution in [2.24, 2.45) is 5.41 Å². The van der Waals surface area contributed by atoms with Gasteiger partial charge >= 0.3 is 0 Å². The normalized spacial score (nSPS) is 22.4. The highest BCUT2D eigenvalue weighted by Crippen LogP contribution is 2.39. The number of nitrogens with zero attached hydrogens (tertiary/aromatic N) is 7. The molecule has 0 aromatic carbocycles. The summed E-state index contributed by atoms with van der Waals surface area (Å²) in [7, 11) is 0. The third kappa shape index (κ3) is 4.04. The molecule has 3 aliphatic rings. The number of piperidine rings is 1. The first-order chi connectivity index (χ1) is 17.2. The molecule has 35 heavy (non-hydrogen) atoms. The van der Waals surface area contributed by atoms with E-state index in [0.717, 1.165) is 112 Å². The molecule has 1 unspecified atom stereocenters. The maximum atomic E-state index is 9.94. The number of fused-ring (bicyclic) bond motifs is 2. The molecule has 1 N–H and O–H groups in total. The first kappa shape index (κ1) is 22.7. The van der Waals surface area contributed by atoms with E-state index in [4.69, 9.17) is 19.8 Å². The second kappa shape index (κ2) is 9.35.